The van der Waals surface area contributed by atoms with Gasteiger partial charge in [-0.15, -0.1) is 17.3 Å². The van der Waals surface area contributed by atoms with E-state index in [1.807, 2.05) is 0 Å². The molecule has 1 atom stereocenters. The van der Waals surface area contributed by atoms with E-state index in [0.717, 1.165) is 6.42 Å². The molecule has 0 aromatic rings. The maximum Gasteiger partial charge on any atom is 0.160 e. The summed E-state index contributed by atoms with van der Waals surface area (Å²) in [4.78, 5) is 10.7. The van der Waals surface area contributed by atoms with Crippen molar-refractivity contribution in [2.24, 2.45) is 11.3 Å². The zero-order chi connectivity index (χ0) is 10.1. The number of rotatable bonds is 2. The first kappa shape index (κ1) is 10.6. The van der Waals surface area contributed by atoms with E-state index in [0.29, 0.717) is 11.8 Å². The van der Waals surface area contributed by atoms with Gasteiger partial charge in [-0.25, -0.2) is 0 Å². The highest BCUT2D eigenvalue weighted by atomic mass is 35.5. The molecule has 0 aliphatic heterocycles. The van der Waals surface area contributed by atoms with Gasteiger partial charge in [-0.1, -0.05) is 13.8 Å². The number of ketones is 1. The van der Waals surface area contributed by atoms with Crippen molar-refractivity contribution in [3.63, 3.8) is 0 Å². The largest absolute Gasteiger partial charge is 0.294 e. The van der Waals surface area contributed by atoms with Crippen molar-refractivity contribution in [2.45, 2.75) is 27.2 Å². The number of allylic oxidation sites excluding steroid dienone is 1. The average molecular weight is 199 g/mol. The lowest BCUT2D eigenvalue weighted by molar-refractivity contribution is -0.112. The van der Waals surface area contributed by atoms with Gasteiger partial charge in [0.25, 0.3) is 0 Å². The van der Waals surface area contributed by atoms with Crippen LogP contribution < -0.4 is 0 Å². The van der Waals surface area contributed by atoms with Gasteiger partial charge < -0.3 is 0 Å². The van der Waals surface area contributed by atoms with Crippen LogP contribution in [0.3, 0.4) is 0 Å². The minimum absolute atomic E-state index is 0.0534. The molecule has 0 amide bonds. The second-order valence-electron chi connectivity index (χ2n) is 4.15. The van der Waals surface area contributed by atoms with Crippen LogP contribution in [0.2, 0.25) is 0 Å². The van der Waals surface area contributed by atoms with Crippen LogP contribution in [0, 0.1) is 11.3 Å². The number of halogens is 1. The Hall–Kier alpha value is -0.520. The molecular formula is C11H15ClO. The lowest BCUT2D eigenvalue weighted by Gasteiger charge is -2.45. The number of carbonyl (C=O) groups is 1. The van der Waals surface area contributed by atoms with Crippen molar-refractivity contribution in [3.8, 4) is 0 Å². The second-order valence-corrected chi connectivity index (χ2v) is 4.46. The Morgan fingerprint density at radius 2 is 2.38 bits per heavy atom. The summed E-state index contributed by atoms with van der Waals surface area (Å²) in [6, 6.07) is 0. The molecule has 0 radical (unpaired) electrons. The van der Waals surface area contributed by atoms with Gasteiger partial charge in [0, 0.05) is 12.0 Å². The predicted octanol–water partition coefficient (Wildman–Crippen LogP) is 2.94. The Bertz CT molecular complexity index is 282. The maximum absolute atomic E-state index is 10.7. The molecule has 1 saturated carbocycles. The summed E-state index contributed by atoms with van der Waals surface area (Å²) in [5, 5.41) is 0. The van der Waals surface area contributed by atoms with Crippen molar-refractivity contribution < 1.29 is 4.79 Å². The van der Waals surface area contributed by atoms with Crippen molar-refractivity contribution in [2.75, 3.05) is 5.88 Å². The van der Waals surface area contributed by atoms with E-state index in [1.165, 1.54) is 18.6 Å². The highest BCUT2D eigenvalue weighted by Gasteiger charge is 2.42. The predicted molar refractivity (Wildman–Crippen MR) is 54.9 cm³/mol. The first-order valence-electron chi connectivity index (χ1n) is 4.51. The lowest BCUT2D eigenvalue weighted by Crippen LogP contribution is -2.38. The number of hydrogen-bond acceptors (Lipinski definition) is 1. The Balaban J connectivity index is 2.79. The highest BCUT2D eigenvalue weighted by molar-refractivity contribution is 6.18. The Labute approximate surface area is 84.5 Å². The minimum Gasteiger partial charge on any atom is -0.294 e. The molecule has 2 heteroatoms. The first-order chi connectivity index (χ1) is 5.98. The normalized spacial score (nSPS) is 24.6. The van der Waals surface area contributed by atoms with Crippen LogP contribution in [-0.4, -0.2) is 11.7 Å². The van der Waals surface area contributed by atoms with Crippen LogP contribution in [0.1, 0.15) is 27.2 Å². The number of hydrogen-bond donors (Lipinski definition) is 0. The molecule has 0 aromatic carbocycles. The van der Waals surface area contributed by atoms with Gasteiger partial charge in [-0.05, 0) is 30.3 Å². The topological polar surface area (TPSA) is 17.1 Å². The summed E-state index contributed by atoms with van der Waals surface area (Å²) in [6.45, 7) is 5.85. The van der Waals surface area contributed by atoms with Crippen LogP contribution in [0.15, 0.2) is 17.4 Å². The monoisotopic (exact) mass is 198 g/mol. The fraction of sp³-hybridized carbons (Fsp3) is 0.636. The average Bonchev–Trinajstić information content (AvgIpc) is 2.02. The van der Waals surface area contributed by atoms with Crippen molar-refractivity contribution in [1.82, 2.24) is 0 Å². The van der Waals surface area contributed by atoms with Crippen LogP contribution in [0.25, 0.3) is 0 Å². The van der Waals surface area contributed by atoms with Gasteiger partial charge >= 0.3 is 0 Å². The van der Waals surface area contributed by atoms with E-state index >= 15 is 0 Å². The van der Waals surface area contributed by atoms with Gasteiger partial charge in [0.15, 0.2) is 5.78 Å². The molecule has 0 spiro atoms. The quantitative estimate of drug-likeness (QED) is 0.379. The summed E-state index contributed by atoms with van der Waals surface area (Å²) in [6.07, 6.45) is 2.50. The molecule has 0 aromatic heterocycles. The summed E-state index contributed by atoms with van der Waals surface area (Å²) < 4.78 is 0. The standard InChI is InChI=1S/C11H15ClO/c1-8(13)4-5-9-6-10(7-12)11(9,2)3/h4,10H,6-7H2,1-3H3. The zero-order valence-corrected chi connectivity index (χ0v) is 9.11. The number of alkyl halides is 1. The van der Waals surface area contributed by atoms with E-state index in [1.54, 1.807) is 0 Å². The smallest absolute Gasteiger partial charge is 0.160 e. The molecule has 1 fully saturated rings. The van der Waals surface area contributed by atoms with E-state index in [-0.39, 0.29) is 11.2 Å². The van der Waals surface area contributed by atoms with Crippen molar-refractivity contribution in [3.05, 3.63) is 17.4 Å². The molecular weight excluding hydrogens is 184 g/mol. The van der Waals surface area contributed by atoms with Crippen molar-refractivity contribution in [1.29, 1.82) is 0 Å². The van der Waals surface area contributed by atoms with Gasteiger partial charge in [-0.3, -0.25) is 4.79 Å². The molecule has 1 unspecified atom stereocenters. The fourth-order valence-corrected chi connectivity index (χ4v) is 2.06. The third-order valence-electron chi connectivity index (χ3n) is 2.88. The summed E-state index contributed by atoms with van der Waals surface area (Å²) in [5.41, 5.74) is 4.41. The Morgan fingerprint density at radius 1 is 1.77 bits per heavy atom. The fourth-order valence-electron chi connectivity index (χ4n) is 1.56. The Kier molecular flexibility index (Phi) is 3.00. The lowest BCUT2D eigenvalue weighted by atomic mass is 9.60. The maximum atomic E-state index is 10.7. The third kappa shape index (κ3) is 2.04. The molecule has 1 aliphatic carbocycles. The molecule has 0 heterocycles. The molecule has 0 saturated heterocycles. The molecule has 13 heavy (non-hydrogen) atoms. The van der Waals surface area contributed by atoms with E-state index < -0.39 is 0 Å². The second kappa shape index (κ2) is 3.69. The van der Waals surface area contributed by atoms with E-state index in [4.69, 9.17) is 11.6 Å². The highest BCUT2D eigenvalue weighted by Crippen LogP contribution is 2.50. The van der Waals surface area contributed by atoms with Crippen LogP contribution in [-0.2, 0) is 4.79 Å². The van der Waals surface area contributed by atoms with E-state index in [9.17, 15) is 4.79 Å². The zero-order valence-electron chi connectivity index (χ0n) is 8.36. The summed E-state index contributed by atoms with van der Waals surface area (Å²) in [7, 11) is 0. The molecule has 0 bridgehead atoms. The van der Waals surface area contributed by atoms with E-state index in [2.05, 4.69) is 19.6 Å². The van der Waals surface area contributed by atoms with Crippen LogP contribution in [0.5, 0.6) is 0 Å². The Morgan fingerprint density at radius 3 is 2.77 bits per heavy atom. The molecule has 1 rings (SSSR count). The first-order valence-corrected chi connectivity index (χ1v) is 5.04. The number of carbonyl (C=O) groups excluding carboxylic acids is 1. The minimum atomic E-state index is 0.0534. The summed E-state index contributed by atoms with van der Waals surface area (Å²) >= 11 is 5.80. The van der Waals surface area contributed by atoms with Gasteiger partial charge in [-0.2, -0.15) is 0 Å². The van der Waals surface area contributed by atoms with Crippen LogP contribution >= 0.6 is 11.6 Å². The summed E-state index contributed by atoms with van der Waals surface area (Å²) in [5.74, 6) is 1.28. The molecule has 1 nitrogen and oxygen atoms in total. The molecule has 1 aliphatic rings. The van der Waals surface area contributed by atoms with Gasteiger partial charge in [0.05, 0.1) is 0 Å². The van der Waals surface area contributed by atoms with Gasteiger partial charge in [0.2, 0.25) is 0 Å². The molecule has 72 valence electrons. The molecule has 0 N–H and O–H groups in total. The SMILES string of the molecule is CC(=O)C=C=C1CC(CCl)C1(C)C. The van der Waals surface area contributed by atoms with Crippen molar-refractivity contribution >= 4 is 17.4 Å². The third-order valence-corrected chi connectivity index (χ3v) is 3.26. The van der Waals surface area contributed by atoms with Gasteiger partial charge in [0.1, 0.15) is 0 Å². The van der Waals surface area contributed by atoms with Crippen LogP contribution in [0.4, 0.5) is 0 Å².